The number of hydrogen-bond acceptors (Lipinski definition) is 3. The molecule has 0 heterocycles. The SMILES string of the molecule is COS(=O)(=O)C(Cl)(Cl)C(Cl)(Cl)C(Cl)(Cl)C(Cl)(Cl)C(Cl)(Cl)Cl. The summed E-state index contributed by atoms with van der Waals surface area (Å²) in [5, 5.41) is 0. The van der Waals surface area contributed by atoms with Crippen LogP contribution in [0.3, 0.4) is 0 Å². The summed E-state index contributed by atoms with van der Waals surface area (Å²) < 4.78 is 13.3. The lowest BCUT2D eigenvalue weighted by Gasteiger charge is -2.46. The van der Waals surface area contributed by atoms with Gasteiger partial charge >= 0.3 is 10.1 Å². The van der Waals surface area contributed by atoms with E-state index in [1.165, 1.54) is 0 Å². The highest BCUT2D eigenvalue weighted by atomic mass is 35.6. The summed E-state index contributed by atoms with van der Waals surface area (Å²) >= 11 is 62.7. The third-order valence-electron chi connectivity index (χ3n) is 2.04. The lowest BCUT2D eigenvalue weighted by Crippen LogP contribution is -2.63. The third kappa shape index (κ3) is 3.94. The van der Waals surface area contributed by atoms with E-state index in [2.05, 4.69) is 4.18 Å². The monoisotopic (exact) mass is 540 g/mol. The summed E-state index contributed by atoms with van der Waals surface area (Å²) in [5.41, 5.74) is 0. The Hall–Kier alpha value is 3.10. The van der Waals surface area contributed by atoms with Crippen molar-refractivity contribution in [1.82, 2.24) is 0 Å². The molecule has 0 aliphatic carbocycles. The minimum Gasteiger partial charge on any atom is -0.271 e. The van der Waals surface area contributed by atoms with Crippen LogP contribution in [0.2, 0.25) is 0 Å². The number of halogens is 11. The number of rotatable bonds is 5. The maximum atomic E-state index is 11.7. The molecule has 0 aliphatic heterocycles. The van der Waals surface area contributed by atoms with Gasteiger partial charge in [-0.15, -0.1) is 0 Å². The molecule has 0 aromatic rings. The molecular formula is C6H3Cl11O3S. The molecule has 0 aromatic heterocycles. The minimum absolute atomic E-state index is 0.729. The quantitative estimate of drug-likeness (QED) is 0.315. The van der Waals surface area contributed by atoms with Crippen LogP contribution >= 0.6 is 128 Å². The first kappa shape index (κ1) is 24.1. The van der Waals surface area contributed by atoms with Gasteiger partial charge in [-0.3, -0.25) is 4.18 Å². The fraction of sp³-hybridized carbons (Fsp3) is 1.00. The van der Waals surface area contributed by atoms with Gasteiger partial charge in [-0.05, 0) is 0 Å². The Morgan fingerprint density at radius 3 is 1.24 bits per heavy atom. The Kier molecular flexibility index (Phi) is 8.05. The lowest BCUT2D eigenvalue weighted by molar-refractivity contribution is 0.385. The van der Waals surface area contributed by atoms with Crippen LogP contribution in [0, 0.1) is 0 Å². The van der Waals surface area contributed by atoms with Gasteiger partial charge in [0.25, 0.3) is 3.67 Å². The standard InChI is InChI=1S/C6H3Cl11O3S/c1-20-21(18,19)6(16,17)4(11,12)2(7,8)3(9,10)5(13,14)15/h1H3. The largest absolute Gasteiger partial charge is 0.304 e. The molecule has 3 nitrogen and oxygen atoms in total. The van der Waals surface area contributed by atoms with Gasteiger partial charge in [-0.1, -0.05) is 128 Å². The molecule has 0 atom stereocenters. The van der Waals surface area contributed by atoms with E-state index in [0.717, 1.165) is 7.11 Å². The van der Waals surface area contributed by atoms with Gasteiger partial charge in [-0.2, -0.15) is 8.42 Å². The van der Waals surface area contributed by atoms with Crippen LogP contribution in [0.5, 0.6) is 0 Å². The molecule has 0 spiro atoms. The molecular weight excluding hydrogens is 542 g/mol. The van der Waals surface area contributed by atoms with E-state index in [1.54, 1.807) is 0 Å². The molecule has 0 aliphatic rings. The van der Waals surface area contributed by atoms with Crippen LogP contribution in [0.15, 0.2) is 0 Å². The average molecular weight is 545 g/mol. The maximum absolute atomic E-state index is 11.7. The van der Waals surface area contributed by atoms with E-state index in [-0.39, 0.29) is 0 Å². The van der Waals surface area contributed by atoms with Crippen molar-refractivity contribution in [3.8, 4) is 0 Å². The molecule has 0 saturated carbocycles. The minimum atomic E-state index is -4.79. The second-order valence-electron chi connectivity index (χ2n) is 3.36. The van der Waals surface area contributed by atoms with Crippen molar-refractivity contribution in [2.24, 2.45) is 0 Å². The zero-order valence-electron chi connectivity index (χ0n) is 9.29. The van der Waals surface area contributed by atoms with E-state index in [1.807, 2.05) is 0 Å². The molecule has 0 saturated heterocycles. The van der Waals surface area contributed by atoms with Gasteiger partial charge in [0, 0.05) is 0 Å². The molecule has 0 N–H and O–H groups in total. The molecule has 0 bridgehead atoms. The number of alkyl halides is 11. The van der Waals surface area contributed by atoms with E-state index in [4.69, 9.17) is 128 Å². The van der Waals surface area contributed by atoms with E-state index in [0.29, 0.717) is 0 Å². The normalized spacial score (nSPS) is 16.2. The molecule has 21 heavy (non-hydrogen) atoms. The Bertz CT molecular complexity index is 491. The predicted molar refractivity (Wildman–Crippen MR) is 94.0 cm³/mol. The van der Waals surface area contributed by atoms with Gasteiger partial charge in [0.15, 0.2) is 4.33 Å². The van der Waals surface area contributed by atoms with Gasteiger partial charge in [-0.25, -0.2) is 0 Å². The van der Waals surface area contributed by atoms with Gasteiger partial charge < -0.3 is 0 Å². The molecule has 0 fully saturated rings. The van der Waals surface area contributed by atoms with Gasteiger partial charge in [0.2, 0.25) is 12.5 Å². The molecule has 15 heteroatoms. The summed E-state index contributed by atoms with van der Waals surface area (Å²) in [4.78, 5) is 0. The Morgan fingerprint density at radius 1 is 0.667 bits per heavy atom. The molecule has 0 amide bonds. The van der Waals surface area contributed by atoms with E-state index < -0.39 is 30.6 Å². The van der Waals surface area contributed by atoms with Crippen molar-refractivity contribution in [2.45, 2.75) is 20.5 Å². The first-order valence-corrected chi connectivity index (χ1v) is 9.76. The summed E-state index contributed by atoms with van der Waals surface area (Å²) in [5.74, 6) is 0. The molecule has 0 unspecified atom stereocenters. The molecule has 0 aromatic carbocycles. The fourth-order valence-corrected chi connectivity index (χ4v) is 5.07. The molecule has 128 valence electrons. The van der Waals surface area contributed by atoms with Crippen molar-refractivity contribution in [2.75, 3.05) is 7.11 Å². The van der Waals surface area contributed by atoms with Crippen LogP contribution in [0.4, 0.5) is 0 Å². The van der Waals surface area contributed by atoms with Gasteiger partial charge in [0.1, 0.15) is 0 Å². The zero-order chi connectivity index (χ0) is 17.7. The first-order chi connectivity index (χ1) is 8.81. The van der Waals surface area contributed by atoms with Crippen molar-refractivity contribution in [3.05, 3.63) is 0 Å². The smallest absolute Gasteiger partial charge is 0.271 e. The first-order valence-electron chi connectivity index (χ1n) is 4.19. The van der Waals surface area contributed by atoms with Crippen LogP contribution < -0.4 is 0 Å². The van der Waals surface area contributed by atoms with Crippen LogP contribution in [0.25, 0.3) is 0 Å². The van der Waals surface area contributed by atoms with E-state index >= 15 is 0 Å². The van der Waals surface area contributed by atoms with Crippen molar-refractivity contribution >= 4 is 138 Å². The van der Waals surface area contributed by atoms with Crippen molar-refractivity contribution < 1.29 is 12.6 Å². The van der Waals surface area contributed by atoms with Crippen LogP contribution in [-0.2, 0) is 14.3 Å². The predicted octanol–water partition coefficient (Wildman–Crippen LogP) is 5.99. The highest BCUT2D eigenvalue weighted by Gasteiger charge is 2.76. The highest BCUT2D eigenvalue weighted by molar-refractivity contribution is 7.91. The number of hydrogen-bond donors (Lipinski definition) is 0. The van der Waals surface area contributed by atoms with Crippen LogP contribution in [-0.4, -0.2) is 36.0 Å². The van der Waals surface area contributed by atoms with Crippen molar-refractivity contribution in [3.63, 3.8) is 0 Å². The van der Waals surface area contributed by atoms with E-state index in [9.17, 15) is 8.42 Å². The second kappa shape index (κ2) is 7.02. The average Bonchev–Trinajstić information content (AvgIpc) is 2.26. The zero-order valence-corrected chi connectivity index (χ0v) is 18.4. The summed E-state index contributed by atoms with van der Waals surface area (Å²) in [6, 6.07) is 0. The second-order valence-corrected chi connectivity index (χ2v) is 13.3. The molecule has 0 rings (SSSR count). The highest BCUT2D eigenvalue weighted by Crippen LogP contribution is 2.67. The Balaban J connectivity index is 6.27. The van der Waals surface area contributed by atoms with Crippen LogP contribution in [0.1, 0.15) is 0 Å². The summed E-state index contributed by atoms with van der Waals surface area (Å²) in [6.07, 6.45) is 0. The lowest BCUT2D eigenvalue weighted by atomic mass is 10.2. The Morgan fingerprint density at radius 2 is 1.00 bits per heavy atom. The summed E-state index contributed by atoms with van der Waals surface area (Å²) in [6.45, 7) is 0. The fourth-order valence-electron chi connectivity index (χ4n) is 0.820. The third-order valence-corrected chi connectivity index (χ3v) is 11.3. The van der Waals surface area contributed by atoms with Crippen molar-refractivity contribution in [1.29, 1.82) is 0 Å². The maximum Gasteiger partial charge on any atom is 0.304 e. The molecule has 0 radical (unpaired) electrons. The Labute approximate surface area is 176 Å². The topological polar surface area (TPSA) is 43.4 Å². The van der Waals surface area contributed by atoms with Gasteiger partial charge in [0.05, 0.1) is 7.11 Å². The summed E-state index contributed by atoms with van der Waals surface area (Å²) in [7, 11) is -4.06.